The highest BCUT2D eigenvalue weighted by Gasteiger charge is 2.23. The van der Waals surface area contributed by atoms with E-state index in [-0.39, 0.29) is 18.4 Å². The minimum atomic E-state index is -0.592. The molecular formula is C28H37FN8O2. The predicted octanol–water partition coefficient (Wildman–Crippen LogP) is 2.79. The number of pyridine rings is 1. The molecule has 0 atom stereocenters. The van der Waals surface area contributed by atoms with Crippen LogP contribution in [0.3, 0.4) is 0 Å². The number of aromatic nitrogens is 3. The number of rotatable bonds is 12. The largest absolute Gasteiger partial charge is 0.366 e. The first-order chi connectivity index (χ1) is 18.5. The molecule has 1 aliphatic carbocycles. The van der Waals surface area contributed by atoms with Crippen LogP contribution in [0.25, 0.3) is 0 Å². The Bertz CT molecular complexity index is 1250. The smallest absolute Gasteiger partial charge is 0.246 e. The molecule has 1 aliphatic rings. The summed E-state index contributed by atoms with van der Waals surface area (Å²) in [5.41, 5.74) is 0.762. The van der Waals surface area contributed by atoms with Crippen molar-refractivity contribution in [1.82, 2.24) is 30.1 Å². The van der Waals surface area contributed by atoms with Crippen LogP contribution >= 0.6 is 0 Å². The molecular weight excluding hydrogens is 499 g/mol. The van der Waals surface area contributed by atoms with Gasteiger partial charge in [-0.05, 0) is 53.3 Å². The molecule has 0 aliphatic heterocycles. The lowest BCUT2D eigenvalue weighted by Gasteiger charge is -2.19. The van der Waals surface area contributed by atoms with E-state index >= 15 is 0 Å². The number of likely N-dealkylation sites (N-methyl/N-ethyl adjacent to an activating group) is 2. The van der Waals surface area contributed by atoms with E-state index in [1.54, 1.807) is 25.4 Å². The Morgan fingerprint density at radius 2 is 2.00 bits per heavy atom. The highest BCUT2D eigenvalue weighted by atomic mass is 19.1. The van der Waals surface area contributed by atoms with E-state index < -0.39 is 11.4 Å². The van der Waals surface area contributed by atoms with Gasteiger partial charge in [0.2, 0.25) is 23.7 Å². The minimum Gasteiger partial charge on any atom is -0.366 e. The SMILES string of the molecule is CN(C)C/C=C/C(=O)N(C)CC(=O)NCCC(C)(C)C#Cc1cnc(Nc2ccnc(F)c2)nc1NC1CC1. The molecule has 2 heterocycles. The summed E-state index contributed by atoms with van der Waals surface area (Å²) in [5.74, 6) is 6.37. The van der Waals surface area contributed by atoms with E-state index in [0.717, 1.165) is 12.8 Å². The van der Waals surface area contributed by atoms with Gasteiger partial charge in [0, 0.05) is 55.6 Å². The van der Waals surface area contributed by atoms with Crippen LogP contribution in [0.1, 0.15) is 38.7 Å². The summed E-state index contributed by atoms with van der Waals surface area (Å²) in [7, 11) is 5.43. The third kappa shape index (κ3) is 10.7. The molecule has 1 fully saturated rings. The van der Waals surface area contributed by atoms with E-state index in [1.807, 2.05) is 32.8 Å². The van der Waals surface area contributed by atoms with Gasteiger partial charge in [-0.25, -0.2) is 9.97 Å². The highest BCUT2D eigenvalue weighted by Crippen LogP contribution is 2.27. The first-order valence-corrected chi connectivity index (χ1v) is 12.9. The molecule has 0 saturated heterocycles. The summed E-state index contributed by atoms with van der Waals surface area (Å²) in [6.07, 6.45) is 8.99. The van der Waals surface area contributed by atoms with Crippen LogP contribution in [-0.2, 0) is 9.59 Å². The second-order valence-corrected chi connectivity index (χ2v) is 10.5. The maximum absolute atomic E-state index is 13.4. The molecule has 1 saturated carbocycles. The van der Waals surface area contributed by atoms with Crippen LogP contribution in [0, 0.1) is 23.2 Å². The zero-order chi connectivity index (χ0) is 28.4. The average molecular weight is 537 g/mol. The number of hydrogen-bond acceptors (Lipinski definition) is 8. The van der Waals surface area contributed by atoms with E-state index in [2.05, 4.69) is 42.7 Å². The normalized spacial score (nSPS) is 13.1. The molecule has 0 unspecified atom stereocenters. The van der Waals surface area contributed by atoms with Crippen molar-refractivity contribution in [3.8, 4) is 11.8 Å². The van der Waals surface area contributed by atoms with Gasteiger partial charge in [0.25, 0.3) is 0 Å². The molecule has 2 aromatic rings. The highest BCUT2D eigenvalue weighted by molar-refractivity contribution is 5.91. The van der Waals surface area contributed by atoms with Crippen molar-refractivity contribution >= 4 is 29.3 Å². The van der Waals surface area contributed by atoms with Gasteiger partial charge in [-0.15, -0.1) is 0 Å². The monoisotopic (exact) mass is 536 g/mol. The molecule has 3 N–H and O–H groups in total. The van der Waals surface area contributed by atoms with Crippen molar-refractivity contribution in [3.63, 3.8) is 0 Å². The number of nitrogens with one attached hydrogen (secondary N) is 3. The van der Waals surface area contributed by atoms with Crippen molar-refractivity contribution in [2.24, 2.45) is 5.41 Å². The third-order valence-corrected chi connectivity index (χ3v) is 5.79. The Hall–Kier alpha value is -4.04. The number of carbonyl (C=O) groups excluding carboxylic acids is 2. The van der Waals surface area contributed by atoms with Crippen LogP contribution in [0.15, 0.2) is 36.7 Å². The zero-order valence-electron chi connectivity index (χ0n) is 23.2. The third-order valence-electron chi connectivity index (χ3n) is 5.79. The summed E-state index contributed by atoms with van der Waals surface area (Å²) < 4.78 is 13.4. The molecule has 2 aromatic heterocycles. The van der Waals surface area contributed by atoms with E-state index in [9.17, 15) is 14.0 Å². The van der Waals surface area contributed by atoms with Crippen LogP contribution in [-0.4, -0.2) is 83.4 Å². The first kappa shape index (κ1) is 29.5. The Morgan fingerprint density at radius 1 is 1.23 bits per heavy atom. The molecule has 0 aromatic carbocycles. The Labute approximate surface area is 229 Å². The van der Waals surface area contributed by atoms with Crippen LogP contribution in [0.2, 0.25) is 0 Å². The van der Waals surface area contributed by atoms with Crippen molar-refractivity contribution in [3.05, 3.63) is 48.2 Å². The van der Waals surface area contributed by atoms with Crippen molar-refractivity contribution in [2.75, 3.05) is 51.4 Å². The first-order valence-electron chi connectivity index (χ1n) is 12.9. The molecule has 10 nitrogen and oxygen atoms in total. The van der Waals surface area contributed by atoms with Gasteiger partial charge in [0.15, 0.2) is 0 Å². The molecule has 39 heavy (non-hydrogen) atoms. The maximum atomic E-state index is 13.4. The Kier molecular flexibility index (Phi) is 10.3. The summed E-state index contributed by atoms with van der Waals surface area (Å²) in [6, 6.07) is 3.25. The van der Waals surface area contributed by atoms with Gasteiger partial charge in [-0.3, -0.25) is 9.59 Å². The minimum absolute atomic E-state index is 0.0166. The van der Waals surface area contributed by atoms with E-state index in [0.29, 0.717) is 48.6 Å². The molecule has 2 amide bonds. The number of carbonyl (C=O) groups is 2. The quantitative estimate of drug-likeness (QED) is 0.216. The summed E-state index contributed by atoms with van der Waals surface area (Å²) in [6.45, 7) is 5.06. The lowest BCUT2D eigenvalue weighted by molar-refractivity contribution is -0.131. The number of anilines is 3. The molecule has 3 rings (SSSR count). The molecule has 11 heteroatoms. The lowest BCUT2D eigenvalue weighted by atomic mass is 9.90. The number of amides is 2. The number of halogens is 1. The summed E-state index contributed by atoms with van der Waals surface area (Å²) in [4.78, 5) is 40.2. The van der Waals surface area contributed by atoms with Crippen molar-refractivity contribution in [1.29, 1.82) is 0 Å². The van der Waals surface area contributed by atoms with Crippen molar-refractivity contribution < 1.29 is 14.0 Å². The molecule has 0 spiro atoms. The van der Waals surface area contributed by atoms with Gasteiger partial charge >= 0.3 is 0 Å². The van der Waals surface area contributed by atoms with Crippen LogP contribution in [0.4, 0.5) is 21.8 Å². The molecule has 0 radical (unpaired) electrons. The fourth-order valence-corrected chi connectivity index (χ4v) is 3.33. The number of nitrogens with zero attached hydrogens (tertiary/aromatic N) is 5. The van der Waals surface area contributed by atoms with Gasteiger partial charge in [0.05, 0.1) is 18.3 Å². The number of hydrogen-bond donors (Lipinski definition) is 3. The van der Waals surface area contributed by atoms with Gasteiger partial charge < -0.3 is 25.8 Å². The standard InChI is InChI=1S/C28H37FN8O2/c1-28(2,13-15-31-24(38)19-37(5)25(39)7-6-16-36(3)4)12-10-20-18-32-27(35-26(20)33-21-8-9-21)34-22-11-14-30-23(29)17-22/h6-7,11,14,17-18,21H,8-9,13,15-16,19H2,1-5H3,(H,31,38)(H2,30,32,33,34,35)/b7-6+. The topological polar surface area (TPSA) is 115 Å². The lowest BCUT2D eigenvalue weighted by Crippen LogP contribution is -2.38. The van der Waals surface area contributed by atoms with Gasteiger partial charge in [-0.2, -0.15) is 9.37 Å². The van der Waals surface area contributed by atoms with Gasteiger partial charge in [0.1, 0.15) is 5.82 Å². The van der Waals surface area contributed by atoms with E-state index in [4.69, 9.17) is 0 Å². The second-order valence-electron chi connectivity index (χ2n) is 10.5. The van der Waals surface area contributed by atoms with Gasteiger partial charge in [-0.1, -0.05) is 17.9 Å². The second kappa shape index (κ2) is 13.7. The average Bonchev–Trinajstić information content (AvgIpc) is 3.67. The Balaban J connectivity index is 1.55. The maximum Gasteiger partial charge on any atom is 0.246 e. The fourth-order valence-electron chi connectivity index (χ4n) is 3.33. The fraction of sp³-hybridized carbons (Fsp3) is 0.464. The summed E-state index contributed by atoms with van der Waals surface area (Å²) >= 11 is 0. The summed E-state index contributed by atoms with van der Waals surface area (Å²) in [5, 5.41) is 9.24. The predicted molar refractivity (Wildman–Crippen MR) is 150 cm³/mol. The molecule has 0 bridgehead atoms. The van der Waals surface area contributed by atoms with Crippen molar-refractivity contribution in [2.45, 2.75) is 39.2 Å². The van der Waals surface area contributed by atoms with Crippen LogP contribution < -0.4 is 16.0 Å². The Morgan fingerprint density at radius 3 is 2.69 bits per heavy atom. The zero-order valence-corrected chi connectivity index (χ0v) is 23.2. The van der Waals surface area contributed by atoms with E-state index in [1.165, 1.54) is 23.2 Å². The molecule has 208 valence electrons. The van der Waals surface area contributed by atoms with Crippen LogP contribution in [0.5, 0.6) is 0 Å².